The average molecular weight is 358 g/mol. The number of aromatic nitrogens is 1. The van der Waals surface area contributed by atoms with E-state index < -0.39 is 11.9 Å². The van der Waals surface area contributed by atoms with Crippen LogP contribution in [0.15, 0.2) is 18.2 Å². The van der Waals surface area contributed by atoms with E-state index in [2.05, 4.69) is 11.5 Å². The van der Waals surface area contributed by atoms with Crippen LogP contribution in [-0.2, 0) is 11.3 Å². The lowest BCUT2D eigenvalue weighted by atomic mass is 10.0. The number of methoxy groups -OCH3 is 1. The monoisotopic (exact) mass is 358 g/mol. The molecule has 1 aliphatic rings. The van der Waals surface area contributed by atoms with Crippen molar-refractivity contribution >= 4 is 22.8 Å². The Morgan fingerprint density at radius 1 is 1.35 bits per heavy atom. The highest BCUT2D eigenvalue weighted by atomic mass is 16.5. The van der Waals surface area contributed by atoms with E-state index >= 15 is 0 Å². The smallest absolute Gasteiger partial charge is 0.308 e. The van der Waals surface area contributed by atoms with Crippen molar-refractivity contribution in [3.05, 3.63) is 29.5 Å². The molecule has 1 aromatic carbocycles. The molecule has 0 aliphatic carbocycles. The number of ether oxygens (including phenoxy) is 1. The molecule has 6 heteroatoms. The van der Waals surface area contributed by atoms with Crippen molar-refractivity contribution < 1.29 is 19.4 Å². The van der Waals surface area contributed by atoms with Crippen molar-refractivity contribution in [1.29, 1.82) is 0 Å². The van der Waals surface area contributed by atoms with E-state index in [-0.39, 0.29) is 11.9 Å². The molecule has 1 aliphatic heterocycles. The van der Waals surface area contributed by atoms with Gasteiger partial charge in [0.1, 0.15) is 5.75 Å². The maximum atomic E-state index is 13.4. The summed E-state index contributed by atoms with van der Waals surface area (Å²) in [5, 5.41) is 10.2. The Bertz CT molecular complexity index is 855. The highest BCUT2D eigenvalue weighted by Crippen LogP contribution is 2.33. The summed E-state index contributed by atoms with van der Waals surface area (Å²) in [5.74, 6) is -0.720. The third-order valence-electron chi connectivity index (χ3n) is 5.52. The molecule has 2 atom stereocenters. The Balaban J connectivity index is 2.10. The Hall–Kier alpha value is -2.50. The summed E-state index contributed by atoms with van der Waals surface area (Å²) in [6.45, 7) is 7.20. The standard InChI is InChI=1S/C20H26N2O4/c1-5-9-21-13(3)18(16-11-14(26-4)6-7-17(16)21)19(23)22-10-8-15(12(22)2)20(24)25/h6-7,11-12,15H,5,8-10H2,1-4H3,(H,24,25). The average Bonchev–Trinajstić information content (AvgIpc) is 3.13. The van der Waals surface area contributed by atoms with Crippen molar-refractivity contribution in [2.45, 2.75) is 46.2 Å². The number of benzene rings is 1. The number of likely N-dealkylation sites (tertiary alicyclic amines) is 1. The SMILES string of the molecule is CCCn1c(C)c(C(=O)N2CCC(C(=O)O)C2C)c2cc(OC)ccc21. The number of carboxylic acids is 1. The van der Waals surface area contributed by atoms with Crippen LogP contribution < -0.4 is 4.74 Å². The van der Waals surface area contributed by atoms with Gasteiger partial charge in [0.2, 0.25) is 0 Å². The third kappa shape index (κ3) is 2.83. The van der Waals surface area contributed by atoms with Crippen LogP contribution in [0.4, 0.5) is 0 Å². The van der Waals surface area contributed by atoms with E-state index in [0.29, 0.717) is 24.3 Å². The summed E-state index contributed by atoms with van der Waals surface area (Å²) in [6.07, 6.45) is 1.46. The summed E-state index contributed by atoms with van der Waals surface area (Å²) in [6, 6.07) is 5.48. The minimum atomic E-state index is -0.834. The van der Waals surface area contributed by atoms with Crippen LogP contribution >= 0.6 is 0 Å². The molecule has 2 aromatic rings. The van der Waals surface area contributed by atoms with Gasteiger partial charge in [0.15, 0.2) is 0 Å². The topological polar surface area (TPSA) is 71.8 Å². The quantitative estimate of drug-likeness (QED) is 0.890. The molecule has 1 N–H and O–H groups in total. The fraction of sp³-hybridized carbons (Fsp3) is 0.500. The van der Waals surface area contributed by atoms with Crippen molar-refractivity contribution in [1.82, 2.24) is 9.47 Å². The number of carboxylic acid groups (broad SMARTS) is 1. The second-order valence-corrected chi connectivity index (χ2v) is 6.97. The molecule has 0 bridgehead atoms. The molecule has 2 heterocycles. The fourth-order valence-corrected chi connectivity index (χ4v) is 4.07. The number of nitrogens with zero attached hydrogens (tertiary/aromatic N) is 2. The Morgan fingerprint density at radius 2 is 2.08 bits per heavy atom. The minimum Gasteiger partial charge on any atom is -0.497 e. The molecule has 0 saturated carbocycles. The second kappa shape index (κ2) is 7.02. The van der Waals surface area contributed by atoms with Crippen LogP contribution in [-0.4, -0.2) is 46.1 Å². The maximum absolute atomic E-state index is 13.4. The van der Waals surface area contributed by atoms with E-state index in [9.17, 15) is 14.7 Å². The first-order chi connectivity index (χ1) is 12.4. The summed E-state index contributed by atoms with van der Waals surface area (Å²) >= 11 is 0. The van der Waals surface area contributed by atoms with Crippen LogP contribution in [0.1, 0.15) is 42.7 Å². The predicted molar refractivity (Wildman–Crippen MR) is 99.8 cm³/mol. The number of hydrogen-bond donors (Lipinski definition) is 1. The van der Waals surface area contributed by atoms with Gasteiger partial charge in [0.25, 0.3) is 5.91 Å². The van der Waals surface area contributed by atoms with E-state index in [4.69, 9.17) is 4.74 Å². The van der Waals surface area contributed by atoms with Gasteiger partial charge in [0, 0.05) is 35.7 Å². The molecule has 1 aromatic heterocycles. The van der Waals surface area contributed by atoms with E-state index in [1.807, 2.05) is 32.0 Å². The second-order valence-electron chi connectivity index (χ2n) is 6.97. The zero-order valence-electron chi connectivity index (χ0n) is 15.8. The minimum absolute atomic E-state index is 0.0909. The summed E-state index contributed by atoms with van der Waals surface area (Å²) in [7, 11) is 1.61. The van der Waals surface area contributed by atoms with Crippen LogP contribution in [0.5, 0.6) is 5.75 Å². The molecular weight excluding hydrogens is 332 g/mol. The van der Waals surface area contributed by atoms with Gasteiger partial charge in [0.05, 0.1) is 18.6 Å². The first-order valence-corrected chi connectivity index (χ1v) is 9.11. The summed E-state index contributed by atoms with van der Waals surface area (Å²) in [4.78, 5) is 26.5. The van der Waals surface area contributed by atoms with Gasteiger partial charge < -0.3 is 19.3 Å². The first kappa shape index (κ1) is 18.3. The number of carbonyl (C=O) groups excluding carboxylic acids is 1. The van der Waals surface area contributed by atoms with E-state index in [1.165, 1.54) is 0 Å². The summed E-state index contributed by atoms with van der Waals surface area (Å²) < 4.78 is 7.51. The molecule has 26 heavy (non-hydrogen) atoms. The van der Waals surface area contributed by atoms with Crippen molar-refractivity contribution in [3.8, 4) is 5.75 Å². The van der Waals surface area contributed by atoms with Crippen LogP contribution in [0.3, 0.4) is 0 Å². The number of amides is 1. The zero-order valence-corrected chi connectivity index (χ0v) is 15.8. The molecule has 140 valence electrons. The maximum Gasteiger partial charge on any atom is 0.308 e. The highest BCUT2D eigenvalue weighted by Gasteiger charge is 2.39. The number of fused-ring (bicyclic) bond motifs is 1. The molecule has 1 fully saturated rings. The zero-order chi connectivity index (χ0) is 19.0. The van der Waals surface area contributed by atoms with Gasteiger partial charge in [-0.1, -0.05) is 6.92 Å². The molecule has 6 nitrogen and oxygen atoms in total. The van der Waals surface area contributed by atoms with Gasteiger partial charge >= 0.3 is 5.97 Å². The van der Waals surface area contributed by atoms with Gasteiger partial charge in [-0.25, -0.2) is 0 Å². The Morgan fingerprint density at radius 3 is 2.65 bits per heavy atom. The number of hydrogen-bond acceptors (Lipinski definition) is 3. The van der Waals surface area contributed by atoms with Crippen LogP contribution in [0, 0.1) is 12.8 Å². The van der Waals surface area contributed by atoms with Crippen LogP contribution in [0.2, 0.25) is 0 Å². The van der Waals surface area contributed by atoms with Crippen molar-refractivity contribution in [3.63, 3.8) is 0 Å². The number of carbonyl (C=O) groups is 2. The lowest BCUT2D eigenvalue weighted by molar-refractivity contribution is -0.142. The lowest BCUT2D eigenvalue weighted by Crippen LogP contribution is -2.37. The van der Waals surface area contributed by atoms with Gasteiger partial charge in [-0.2, -0.15) is 0 Å². The molecule has 3 rings (SSSR count). The molecule has 0 spiro atoms. The third-order valence-corrected chi connectivity index (χ3v) is 5.52. The number of aryl methyl sites for hydroxylation is 1. The van der Waals surface area contributed by atoms with E-state index in [0.717, 1.165) is 29.6 Å². The van der Waals surface area contributed by atoms with Gasteiger partial charge in [-0.15, -0.1) is 0 Å². The van der Waals surface area contributed by atoms with Gasteiger partial charge in [-0.3, -0.25) is 9.59 Å². The molecule has 2 unspecified atom stereocenters. The highest BCUT2D eigenvalue weighted by molar-refractivity contribution is 6.09. The lowest BCUT2D eigenvalue weighted by Gasteiger charge is -2.23. The summed E-state index contributed by atoms with van der Waals surface area (Å²) in [5.41, 5.74) is 2.59. The first-order valence-electron chi connectivity index (χ1n) is 9.11. The molecule has 1 amide bonds. The van der Waals surface area contributed by atoms with Crippen molar-refractivity contribution in [2.24, 2.45) is 5.92 Å². The van der Waals surface area contributed by atoms with Crippen LogP contribution in [0.25, 0.3) is 10.9 Å². The Kier molecular flexibility index (Phi) is 4.94. The van der Waals surface area contributed by atoms with E-state index in [1.54, 1.807) is 12.0 Å². The largest absolute Gasteiger partial charge is 0.497 e. The molecular formula is C20H26N2O4. The number of aliphatic carboxylic acids is 1. The molecule has 1 saturated heterocycles. The predicted octanol–water partition coefficient (Wildman–Crippen LogP) is 3.30. The molecule has 0 radical (unpaired) electrons. The Labute approximate surface area is 153 Å². The normalized spacial score (nSPS) is 19.9. The number of rotatable bonds is 5. The fourth-order valence-electron chi connectivity index (χ4n) is 4.07. The van der Waals surface area contributed by atoms with Crippen molar-refractivity contribution in [2.75, 3.05) is 13.7 Å². The van der Waals surface area contributed by atoms with Gasteiger partial charge in [-0.05, 0) is 44.9 Å².